The lowest BCUT2D eigenvalue weighted by atomic mass is 9.93. The minimum absolute atomic E-state index is 0.0337. The third-order valence-electron chi connectivity index (χ3n) is 9.50. The largest absolute Gasteiger partial charge is 0.456 e. The van der Waals surface area contributed by atoms with E-state index in [4.69, 9.17) is 29.0 Å². The van der Waals surface area contributed by atoms with E-state index in [0.717, 1.165) is 27.8 Å². The maximum absolute atomic E-state index is 9.35. The summed E-state index contributed by atoms with van der Waals surface area (Å²) in [5.41, 5.74) is 6.36. The number of nitrogens with zero attached hydrogens (tertiary/aromatic N) is 3. The second kappa shape index (κ2) is 13.8. The van der Waals surface area contributed by atoms with E-state index in [-0.39, 0.29) is 11.1 Å². The summed E-state index contributed by atoms with van der Waals surface area (Å²) in [5, 5.41) is 1.17. The van der Waals surface area contributed by atoms with Gasteiger partial charge in [-0.05, 0) is 68.8 Å². The monoisotopic (exact) mass is 712 g/mol. The van der Waals surface area contributed by atoms with E-state index in [1.165, 1.54) is 0 Å². The van der Waals surface area contributed by atoms with Crippen molar-refractivity contribution in [3.05, 3.63) is 200 Å². The van der Waals surface area contributed by atoms with Gasteiger partial charge in [-0.15, -0.1) is 0 Å². The van der Waals surface area contributed by atoms with Crippen molar-refractivity contribution in [2.75, 3.05) is 0 Å². The average Bonchev–Trinajstić information content (AvgIpc) is 3.72. The van der Waals surface area contributed by atoms with Crippen molar-refractivity contribution in [3.63, 3.8) is 0 Å². The van der Waals surface area contributed by atoms with Crippen LogP contribution in [0.15, 0.2) is 204 Å². The molecule has 2 heterocycles. The first kappa shape index (κ1) is 24.0. The zero-order chi connectivity index (χ0) is 44.4. The van der Waals surface area contributed by atoms with Crippen molar-refractivity contribution in [1.29, 1.82) is 0 Å². The van der Waals surface area contributed by atoms with Gasteiger partial charge in [-0.1, -0.05) is 176 Å². The molecule has 0 unspecified atom stereocenters. The van der Waals surface area contributed by atoms with Crippen LogP contribution in [-0.2, 0) is 0 Å². The Morgan fingerprint density at radius 1 is 0.345 bits per heavy atom. The number of hydrogen-bond acceptors (Lipinski definition) is 4. The Bertz CT molecular complexity index is 3420. The Morgan fingerprint density at radius 3 is 1.44 bits per heavy atom. The third kappa shape index (κ3) is 6.26. The second-order valence-electron chi connectivity index (χ2n) is 12.9. The molecule has 0 aliphatic carbocycles. The molecule has 55 heavy (non-hydrogen) atoms. The van der Waals surface area contributed by atoms with E-state index >= 15 is 0 Å². The van der Waals surface area contributed by atoms with Crippen LogP contribution in [0.1, 0.15) is 12.3 Å². The number of fused-ring (bicyclic) bond motifs is 3. The van der Waals surface area contributed by atoms with Crippen LogP contribution in [0.4, 0.5) is 0 Å². The first-order valence-corrected chi connectivity index (χ1v) is 17.7. The quantitative estimate of drug-likeness (QED) is 0.165. The molecule has 0 atom stereocenters. The highest BCUT2D eigenvalue weighted by atomic mass is 16.3. The van der Waals surface area contributed by atoms with E-state index in [1.807, 2.05) is 133 Å². The molecule has 10 rings (SSSR count). The highest BCUT2D eigenvalue weighted by molar-refractivity contribution is 6.14. The number of hydrogen-bond donors (Lipinski definition) is 0. The van der Waals surface area contributed by atoms with Crippen molar-refractivity contribution < 1.29 is 16.8 Å². The average molecular weight is 713 g/mol. The molecular weight excluding hydrogens is 671 g/mol. The number of benzene rings is 8. The fourth-order valence-electron chi connectivity index (χ4n) is 6.78. The van der Waals surface area contributed by atoms with Crippen LogP contribution in [-0.4, -0.2) is 15.0 Å². The molecule has 0 amide bonds. The van der Waals surface area contributed by atoms with Crippen LogP contribution < -0.4 is 0 Å². The third-order valence-corrected chi connectivity index (χ3v) is 9.50. The predicted octanol–water partition coefficient (Wildman–Crippen LogP) is 13.4. The van der Waals surface area contributed by atoms with Crippen LogP contribution in [0.25, 0.3) is 101 Å². The van der Waals surface area contributed by atoms with Crippen LogP contribution >= 0.6 is 0 Å². The molecule has 258 valence electrons. The molecule has 0 fully saturated rings. The fourth-order valence-corrected chi connectivity index (χ4v) is 6.78. The number of rotatable bonds is 7. The summed E-state index contributed by atoms with van der Waals surface area (Å²) in [6, 6.07) is 41.5. The summed E-state index contributed by atoms with van der Waals surface area (Å²) < 4.78 is 85.3. The first-order chi connectivity index (χ1) is 31.0. The Kier molecular flexibility index (Phi) is 6.04. The summed E-state index contributed by atoms with van der Waals surface area (Å²) in [4.78, 5) is 14.8. The molecule has 0 aliphatic heterocycles. The molecule has 0 saturated carbocycles. The van der Waals surface area contributed by atoms with E-state index in [9.17, 15) is 2.74 Å². The minimum atomic E-state index is -0.638. The van der Waals surface area contributed by atoms with Crippen molar-refractivity contribution in [2.24, 2.45) is 0 Å². The molecule has 0 saturated heterocycles. The molecule has 0 spiro atoms. The second-order valence-corrected chi connectivity index (χ2v) is 12.9. The zero-order valence-electron chi connectivity index (χ0n) is 38.1. The maximum Gasteiger partial charge on any atom is 0.164 e. The summed E-state index contributed by atoms with van der Waals surface area (Å²) in [7, 11) is 0. The van der Waals surface area contributed by atoms with Gasteiger partial charge in [0.1, 0.15) is 11.2 Å². The van der Waals surface area contributed by atoms with Crippen LogP contribution in [0.3, 0.4) is 0 Å². The topological polar surface area (TPSA) is 51.8 Å². The van der Waals surface area contributed by atoms with Gasteiger partial charge < -0.3 is 4.42 Å². The molecule has 0 N–H and O–H groups in total. The van der Waals surface area contributed by atoms with Gasteiger partial charge in [-0.25, -0.2) is 15.0 Å². The highest BCUT2D eigenvalue weighted by Gasteiger charge is 2.18. The highest BCUT2D eigenvalue weighted by Crippen LogP contribution is 2.41. The van der Waals surface area contributed by atoms with Crippen molar-refractivity contribution in [2.45, 2.75) is 0 Å². The van der Waals surface area contributed by atoms with Gasteiger partial charge in [0.2, 0.25) is 0 Å². The van der Waals surface area contributed by atoms with Crippen LogP contribution in [0.5, 0.6) is 0 Å². The SMILES string of the molecule is [2H]c1c([2H])c([2H])c(-c2c([2H])c([2H])c(-c3cc(-c4ccccc4)cc4oc5cc(-c6nc(-c7ccccc7)nc(-c7ccc(-c8ccccc8)cc7)n6)ccc5c34)c([2H])c2[2H])c([2H])c1[2H]. The Balaban J connectivity index is 1.16. The lowest BCUT2D eigenvalue weighted by molar-refractivity contribution is 0.669. The van der Waals surface area contributed by atoms with Crippen molar-refractivity contribution >= 4 is 21.9 Å². The molecule has 0 aliphatic rings. The van der Waals surface area contributed by atoms with Gasteiger partial charge in [-0.3, -0.25) is 0 Å². The number of furan rings is 1. The lowest BCUT2D eigenvalue weighted by Crippen LogP contribution is -2.00. The summed E-state index contributed by atoms with van der Waals surface area (Å²) in [6.07, 6.45) is 0. The van der Waals surface area contributed by atoms with Crippen molar-refractivity contribution in [1.82, 2.24) is 15.0 Å². The molecule has 4 heteroatoms. The van der Waals surface area contributed by atoms with E-state index < -0.39 is 59.9 Å². The summed E-state index contributed by atoms with van der Waals surface area (Å²) in [6.45, 7) is 0. The number of aromatic nitrogens is 3. The van der Waals surface area contributed by atoms with Gasteiger partial charge in [0.05, 0.1) is 12.3 Å². The molecule has 0 radical (unpaired) electrons. The van der Waals surface area contributed by atoms with Gasteiger partial charge in [0.25, 0.3) is 0 Å². The van der Waals surface area contributed by atoms with E-state index in [2.05, 4.69) is 12.1 Å². The lowest BCUT2D eigenvalue weighted by Gasteiger charge is -2.10. The standard InChI is InChI=1S/C51H33N3O/c1-5-13-34(14-6-1)37-21-25-39(26-22-37)45-31-43(36-17-9-3-10-18-36)33-47-48(45)44-30-29-42(32-46(44)55-47)51-53-49(40-19-11-4-12-20-40)52-50(54-51)41-27-23-38(24-28-41)35-15-7-2-8-16-35/h1-33H/i1D,5D,6D,13D,14D,21D,22D,25D,26D. The van der Waals surface area contributed by atoms with E-state index in [1.54, 1.807) is 0 Å². The Morgan fingerprint density at radius 2 is 0.800 bits per heavy atom. The Hall–Kier alpha value is -7.43. The van der Waals surface area contributed by atoms with Crippen LogP contribution in [0, 0.1) is 0 Å². The fraction of sp³-hybridized carbons (Fsp3) is 0. The predicted molar refractivity (Wildman–Crippen MR) is 225 cm³/mol. The van der Waals surface area contributed by atoms with Gasteiger partial charge in [-0.2, -0.15) is 0 Å². The van der Waals surface area contributed by atoms with Crippen LogP contribution in [0.2, 0.25) is 0 Å². The van der Waals surface area contributed by atoms with Crippen molar-refractivity contribution in [3.8, 4) is 78.7 Å². The molecule has 2 aromatic heterocycles. The van der Waals surface area contributed by atoms with E-state index in [0.29, 0.717) is 56.1 Å². The van der Waals surface area contributed by atoms with Gasteiger partial charge in [0, 0.05) is 27.5 Å². The van der Waals surface area contributed by atoms with Gasteiger partial charge >= 0.3 is 0 Å². The molecule has 10 aromatic rings. The molecule has 0 bridgehead atoms. The zero-order valence-corrected chi connectivity index (χ0v) is 29.1. The summed E-state index contributed by atoms with van der Waals surface area (Å²) >= 11 is 0. The molecule has 4 nitrogen and oxygen atoms in total. The Labute approximate surface area is 331 Å². The summed E-state index contributed by atoms with van der Waals surface area (Å²) in [5.74, 6) is 1.38. The minimum Gasteiger partial charge on any atom is -0.456 e. The maximum atomic E-state index is 9.35. The normalized spacial score (nSPS) is 13.6. The first-order valence-electron chi connectivity index (χ1n) is 22.2. The molecular formula is C51H33N3O. The van der Waals surface area contributed by atoms with Gasteiger partial charge in [0.15, 0.2) is 17.5 Å². The molecule has 8 aromatic carbocycles. The smallest absolute Gasteiger partial charge is 0.164 e.